The molecule has 21 heavy (non-hydrogen) atoms. The molecule has 2 aromatic rings. The number of methoxy groups -OCH3 is 1. The lowest BCUT2D eigenvalue weighted by Gasteiger charge is -2.08. The predicted octanol–water partition coefficient (Wildman–Crippen LogP) is 2.44. The van der Waals surface area contributed by atoms with E-state index in [-0.39, 0.29) is 11.6 Å². The first kappa shape index (κ1) is 13.5. The molecule has 0 bridgehead atoms. The maximum absolute atomic E-state index is 12.3. The van der Waals surface area contributed by atoms with Gasteiger partial charge in [-0.25, -0.2) is 0 Å². The predicted molar refractivity (Wildman–Crippen MR) is 80.7 cm³/mol. The highest BCUT2D eigenvalue weighted by atomic mass is 16.5. The van der Waals surface area contributed by atoms with Crippen LogP contribution in [0.5, 0.6) is 5.75 Å². The van der Waals surface area contributed by atoms with E-state index >= 15 is 0 Å². The SMILES string of the molecule is COc1ccc(NC(=O)c2n[nH]c(C3CC3)c2N)cc1C. The molecule has 0 spiro atoms. The summed E-state index contributed by atoms with van der Waals surface area (Å²) in [5.74, 6) is 0.908. The molecule has 3 rings (SSSR count). The van der Waals surface area contributed by atoms with E-state index in [0.29, 0.717) is 17.3 Å². The average Bonchev–Trinajstić information content (AvgIpc) is 3.22. The number of hydrogen-bond donors (Lipinski definition) is 3. The van der Waals surface area contributed by atoms with Crippen LogP contribution in [0.25, 0.3) is 0 Å². The van der Waals surface area contributed by atoms with Crippen LogP contribution in [0.1, 0.15) is 40.5 Å². The number of aryl methyl sites for hydroxylation is 1. The minimum absolute atomic E-state index is 0.255. The molecule has 0 aliphatic heterocycles. The zero-order valence-corrected chi connectivity index (χ0v) is 12.1. The third-order valence-corrected chi connectivity index (χ3v) is 3.69. The number of anilines is 2. The van der Waals surface area contributed by atoms with E-state index in [1.807, 2.05) is 19.1 Å². The van der Waals surface area contributed by atoms with E-state index in [0.717, 1.165) is 29.8 Å². The third kappa shape index (κ3) is 2.56. The van der Waals surface area contributed by atoms with Crippen molar-refractivity contribution in [1.29, 1.82) is 0 Å². The molecular formula is C15H18N4O2. The molecule has 6 heteroatoms. The number of hydrogen-bond acceptors (Lipinski definition) is 4. The maximum Gasteiger partial charge on any atom is 0.278 e. The van der Waals surface area contributed by atoms with Crippen molar-refractivity contribution in [3.05, 3.63) is 35.2 Å². The number of aromatic nitrogens is 2. The van der Waals surface area contributed by atoms with Gasteiger partial charge in [0.1, 0.15) is 5.75 Å². The number of amides is 1. The molecule has 1 aliphatic carbocycles. The van der Waals surface area contributed by atoms with Crippen molar-refractivity contribution in [3.8, 4) is 5.75 Å². The lowest BCUT2D eigenvalue weighted by Crippen LogP contribution is -2.14. The van der Waals surface area contributed by atoms with Crippen molar-refractivity contribution in [2.24, 2.45) is 0 Å². The minimum Gasteiger partial charge on any atom is -0.496 e. The monoisotopic (exact) mass is 286 g/mol. The highest BCUT2D eigenvalue weighted by Gasteiger charge is 2.30. The molecule has 0 atom stereocenters. The Balaban J connectivity index is 1.78. The van der Waals surface area contributed by atoms with Gasteiger partial charge in [0.25, 0.3) is 5.91 Å². The number of carbonyl (C=O) groups excluding carboxylic acids is 1. The highest BCUT2D eigenvalue weighted by molar-refractivity contribution is 6.06. The summed E-state index contributed by atoms with van der Waals surface area (Å²) in [7, 11) is 1.62. The number of nitrogen functional groups attached to an aromatic ring is 1. The standard InChI is InChI=1S/C15H18N4O2/c1-8-7-10(5-6-11(8)21-2)17-15(20)14-12(16)13(18-19-14)9-3-4-9/h5-7,9H,3-4,16H2,1-2H3,(H,17,20)(H,18,19). The van der Waals surface area contributed by atoms with E-state index in [1.165, 1.54) is 0 Å². The van der Waals surface area contributed by atoms with Crippen LogP contribution in [-0.2, 0) is 0 Å². The highest BCUT2D eigenvalue weighted by Crippen LogP contribution is 2.42. The smallest absolute Gasteiger partial charge is 0.278 e. The van der Waals surface area contributed by atoms with Crippen LogP contribution in [0, 0.1) is 6.92 Å². The van der Waals surface area contributed by atoms with Gasteiger partial charge in [-0.3, -0.25) is 9.89 Å². The number of aromatic amines is 1. The summed E-state index contributed by atoms with van der Waals surface area (Å²) in [6.07, 6.45) is 2.20. The number of nitrogens with one attached hydrogen (secondary N) is 2. The van der Waals surface area contributed by atoms with E-state index in [9.17, 15) is 4.79 Å². The summed E-state index contributed by atoms with van der Waals surface area (Å²) in [5.41, 5.74) is 9.23. The zero-order valence-electron chi connectivity index (χ0n) is 12.1. The molecule has 6 nitrogen and oxygen atoms in total. The van der Waals surface area contributed by atoms with Crippen molar-refractivity contribution in [2.45, 2.75) is 25.7 Å². The molecule has 1 aliphatic rings. The lowest BCUT2D eigenvalue weighted by molar-refractivity contribution is 0.102. The molecule has 1 heterocycles. The first-order chi connectivity index (χ1) is 10.1. The van der Waals surface area contributed by atoms with Gasteiger partial charge >= 0.3 is 0 Å². The molecule has 1 fully saturated rings. The fraction of sp³-hybridized carbons (Fsp3) is 0.333. The van der Waals surface area contributed by atoms with Crippen LogP contribution in [-0.4, -0.2) is 23.2 Å². The van der Waals surface area contributed by atoms with Crippen molar-refractivity contribution in [1.82, 2.24) is 10.2 Å². The second-order valence-corrected chi connectivity index (χ2v) is 5.31. The molecular weight excluding hydrogens is 268 g/mol. The summed E-state index contributed by atoms with van der Waals surface area (Å²) in [6.45, 7) is 1.92. The van der Waals surface area contributed by atoms with Gasteiger partial charge in [0.15, 0.2) is 5.69 Å². The van der Waals surface area contributed by atoms with Gasteiger partial charge in [0.2, 0.25) is 0 Å². The molecule has 110 valence electrons. The van der Waals surface area contributed by atoms with Gasteiger partial charge in [-0.2, -0.15) is 5.10 Å². The Bertz CT molecular complexity index is 689. The molecule has 1 saturated carbocycles. The van der Waals surface area contributed by atoms with E-state index in [2.05, 4.69) is 15.5 Å². The van der Waals surface area contributed by atoms with Crippen molar-refractivity contribution in [2.75, 3.05) is 18.2 Å². The Morgan fingerprint density at radius 3 is 2.86 bits per heavy atom. The summed E-state index contributed by atoms with van der Waals surface area (Å²) in [6, 6.07) is 5.45. The van der Waals surface area contributed by atoms with Crippen molar-refractivity contribution >= 4 is 17.3 Å². The van der Waals surface area contributed by atoms with Gasteiger partial charge in [-0.1, -0.05) is 0 Å². The van der Waals surface area contributed by atoms with E-state index < -0.39 is 0 Å². The maximum atomic E-state index is 12.3. The van der Waals surface area contributed by atoms with Crippen molar-refractivity contribution in [3.63, 3.8) is 0 Å². The molecule has 4 N–H and O–H groups in total. The Morgan fingerprint density at radius 2 is 2.24 bits per heavy atom. The third-order valence-electron chi connectivity index (χ3n) is 3.69. The molecule has 1 amide bonds. The molecule has 0 radical (unpaired) electrons. The summed E-state index contributed by atoms with van der Waals surface area (Å²) < 4.78 is 5.20. The van der Waals surface area contributed by atoms with E-state index in [4.69, 9.17) is 10.5 Å². The second kappa shape index (κ2) is 5.12. The molecule has 0 unspecified atom stereocenters. The number of nitrogens with two attached hydrogens (primary N) is 1. The molecule has 0 saturated heterocycles. The Morgan fingerprint density at radius 1 is 1.48 bits per heavy atom. The largest absolute Gasteiger partial charge is 0.496 e. The van der Waals surface area contributed by atoms with Gasteiger partial charge in [-0.15, -0.1) is 0 Å². The van der Waals surface area contributed by atoms with Crippen LogP contribution >= 0.6 is 0 Å². The molecule has 1 aromatic heterocycles. The van der Waals surface area contributed by atoms with Gasteiger partial charge in [0.05, 0.1) is 18.5 Å². The molecule has 1 aromatic carbocycles. The number of benzene rings is 1. The summed E-state index contributed by atoms with van der Waals surface area (Å²) in [4.78, 5) is 12.3. The lowest BCUT2D eigenvalue weighted by atomic mass is 10.2. The van der Waals surface area contributed by atoms with Gasteiger partial charge < -0.3 is 15.8 Å². The number of carbonyl (C=O) groups is 1. The number of H-pyrrole nitrogens is 1. The first-order valence-electron chi connectivity index (χ1n) is 6.90. The normalized spacial score (nSPS) is 14.0. The fourth-order valence-electron chi connectivity index (χ4n) is 2.37. The Hall–Kier alpha value is -2.50. The number of ether oxygens (including phenoxy) is 1. The van der Waals surface area contributed by atoms with Gasteiger partial charge in [0, 0.05) is 11.6 Å². The van der Waals surface area contributed by atoms with Crippen molar-refractivity contribution < 1.29 is 9.53 Å². The number of nitrogens with zero attached hydrogens (tertiary/aromatic N) is 1. The average molecular weight is 286 g/mol. The fourth-order valence-corrected chi connectivity index (χ4v) is 2.37. The summed E-state index contributed by atoms with van der Waals surface area (Å²) in [5, 5.41) is 9.73. The first-order valence-corrected chi connectivity index (χ1v) is 6.90. The Labute approximate surface area is 122 Å². The van der Waals surface area contributed by atoms with Crippen LogP contribution in [0.3, 0.4) is 0 Å². The zero-order chi connectivity index (χ0) is 15.0. The Kier molecular flexibility index (Phi) is 3.29. The summed E-state index contributed by atoms with van der Waals surface area (Å²) >= 11 is 0. The van der Waals surface area contributed by atoms with Crippen LogP contribution in [0.4, 0.5) is 11.4 Å². The van der Waals surface area contributed by atoms with Crippen LogP contribution in [0.2, 0.25) is 0 Å². The quantitative estimate of drug-likeness (QED) is 0.804. The van der Waals surface area contributed by atoms with Crippen LogP contribution < -0.4 is 15.8 Å². The second-order valence-electron chi connectivity index (χ2n) is 5.31. The minimum atomic E-state index is -0.305. The van der Waals surface area contributed by atoms with E-state index in [1.54, 1.807) is 13.2 Å². The number of rotatable bonds is 4. The van der Waals surface area contributed by atoms with Crippen LogP contribution in [0.15, 0.2) is 18.2 Å². The topological polar surface area (TPSA) is 93.0 Å². The van der Waals surface area contributed by atoms with Gasteiger partial charge in [-0.05, 0) is 43.5 Å².